The molecule has 0 aliphatic carbocycles. The van der Waals surface area contributed by atoms with Gasteiger partial charge in [-0.2, -0.15) is 5.26 Å². The van der Waals surface area contributed by atoms with Crippen LogP contribution in [0.4, 0.5) is 8.78 Å². The van der Waals surface area contributed by atoms with E-state index in [9.17, 15) is 13.6 Å². The Morgan fingerprint density at radius 2 is 2.10 bits per heavy atom. The molecule has 4 nitrogen and oxygen atoms in total. The topological polar surface area (TPSA) is 53.3 Å². The molecule has 1 aromatic rings. The molecule has 0 bridgehead atoms. The Morgan fingerprint density at radius 1 is 1.45 bits per heavy atom. The number of nitriles is 1. The molecular formula is C14H14F2N2O2. The third kappa shape index (κ3) is 2.78. The van der Waals surface area contributed by atoms with Crippen LogP contribution < -0.4 is 0 Å². The minimum Gasteiger partial charge on any atom is -0.272 e. The van der Waals surface area contributed by atoms with Crippen LogP contribution in [0.5, 0.6) is 0 Å². The monoisotopic (exact) mass is 280 g/mol. The van der Waals surface area contributed by atoms with Crippen LogP contribution in [-0.2, 0) is 9.63 Å². The molecule has 106 valence electrons. The van der Waals surface area contributed by atoms with Crippen molar-refractivity contribution in [2.24, 2.45) is 5.92 Å². The maximum Gasteiger partial charge on any atom is 0.255 e. The molecule has 2 atom stereocenters. The standard InChI is InChI=1S/C14H14F2N2O2/c1-9(13(15)16)14(19)18-12(6-7-20-18)11-4-2-10(8-17)3-5-11/h2-5,9,12-13H,6-7H2,1H3/t9-,12?/m0/s1. The van der Waals surface area contributed by atoms with Crippen LogP contribution in [0.15, 0.2) is 24.3 Å². The number of halogens is 2. The van der Waals surface area contributed by atoms with Gasteiger partial charge in [-0.05, 0) is 24.6 Å². The summed E-state index contributed by atoms with van der Waals surface area (Å²) < 4.78 is 25.2. The van der Waals surface area contributed by atoms with Gasteiger partial charge in [0.2, 0.25) is 6.43 Å². The van der Waals surface area contributed by atoms with Crippen molar-refractivity contribution in [2.75, 3.05) is 6.61 Å². The maximum atomic E-state index is 12.6. The van der Waals surface area contributed by atoms with Gasteiger partial charge >= 0.3 is 0 Å². The summed E-state index contributed by atoms with van der Waals surface area (Å²) in [5.41, 5.74) is 1.28. The van der Waals surface area contributed by atoms with Gasteiger partial charge in [0.1, 0.15) is 0 Å². The van der Waals surface area contributed by atoms with Gasteiger partial charge in [-0.25, -0.2) is 13.8 Å². The zero-order chi connectivity index (χ0) is 14.7. The van der Waals surface area contributed by atoms with Gasteiger partial charge in [0.25, 0.3) is 5.91 Å². The van der Waals surface area contributed by atoms with Crippen molar-refractivity contribution in [3.63, 3.8) is 0 Å². The Bertz CT molecular complexity index is 525. The van der Waals surface area contributed by atoms with Crippen LogP contribution in [-0.4, -0.2) is 24.0 Å². The Hall–Kier alpha value is -2.00. The molecular weight excluding hydrogens is 266 g/mol. The molecule has 1 aromatic carbocycles. The number of carbonyl (C=O) groups excluding carboxylic acids is 1. The van der Waals surface area contributed by atoms with Gasteiger partial charge in [-0.1, -0.05) is 12.1 Å². The van der Waals surface area contributed by atoms with E-state index in [-0.39, 0.29) is 6.04 Å². The van der Waals surface area contributed by atoms with E-state index in [1.807, 2.05) is 6.07 Å². The maximum absolute atomic E-state index is 12.6. The molecule has 0 saturated carbocycles. The molecule has 1 heterocycles. The number of hydrogen-bond acceptors (Lipinski definition) is 3. The van der Waals surface area contributed by atoms with Crippen molar-refractivity contribution in [1.82, 2.24) is 5.06 Å². The van der Waals surface area contributed by atoms with Gasteiger partial charge in [0.05, 0.1) is 30.2 Å². The highest BCUT2D eigenvalue weighted by Gasteiger charge is 2.37. The first-order valence-electron chi connectivity index (χ1n) is 6.28. The average Bonchev–Trinajstić information content (AvgIpc) is 2.95. The lowest BCUT2D eigenvalue weighted by Crippen LogP contribution is -2.36. The van der Waals surface area contributed by atoms with Crippen molar-refractivity contribution in [1.29, 1.82) is 5.26 Å². The number of alkyl halides is 2. The van der Waals surface area contributed by atoms with Gasteiger partial charge in [0.15, 0.2) is 0 Å². The van der Waals surface area contributed by atoms with Crippen molar-refractivity contribution < 1.29 is 18.4 Å². The van der Waals surface area contributed by atoms with Gasteiger partial charge in [0, 0.05) is 6.42 Å². The van der Waals surface area contributed by atoms with E-state index in [0.29, 0.717) is 18.6 Å². The number of amides is 1. The number of benzene rings is 1. The highest BCUT2D eigenvalue weighted by Crippen LogP contribution is 2.32. The van der Waals surface area contributed by atoms with E-state index < -0.39 is 18.3 Å². The van der Waals surface area contributed by atoms with Crippen LogP contribution in [0.2, 0.25) is 0 Å². The zero-order valence-corrected chi connectivity index (χ0v) is 10.9. The molecule has 1 aliphatic heterocycles. The fourth-order valence-corrected chi connectivity index (χ4v) is 2.08. The molecule has 0 N–H and O–H groups in total. The Kier molecular flexibility index (Phi) is 4.30. The summed E-state index contributed by atoms with van der Waals surface area (Å²) in [5, 5.41) is 9.79. The average molecular weight is 280 g/mol. The first-order chi connectivity index (χ1) is 9.54. The summed E-state index contributed by atoms with van der Waals surface area (Å²) in [7, 11) is 0. The summed E-state index contributed by atoms with van der Waals surface area (Å²) in [6.07, 6.45) is -2.17. The van der Waals surface area contributed by atoms with E-state index in [2.05, 4.69) is 0 Å². The summed E-state index contributed by atoms with van der Waals surface area (Å²) >= 11 is 0. The number of nitrogens with zero attached hydrogens (tertiary/aromatic N) is 2. The molecule has 1 fully saturated rings. The van der Waals surface area contributed by atoms with Crippen LogP contribution in [0.25, 0.3) is 0 Å². The van der Waals surface area contributed by atoms with Crippen molar-refractivity contribution in [2.45, 2.75) is 25.8 Å². The largest absolute Gasteiger partial charge is 0.272 e. The molecule has 20 heavy (non-hydrogen) atoms. The third-order valence-electron chi connectivity index (χ3n) is 3.31. The highest BCUT2D eigenvalue weighted by atomic mass is 19.3. The summed E-state index contributed by atoms with van der Waals surface area (Å²) in [6, 6.07) is 8.31. The lowest BCUT2D eigenvalue weighted by molar-refractivity contribution is -0.185. The van der Waals surface area contributed by atoms with Gasteiger partial charge in [-0.15, -0.1) is 0 Å². The molecule has 1 amide bonds. The molecule has 2 rings (SSSR count). The lowest BCUT2D eigenvalue weighted by atomic mass is 10.0. The number of hydroxylamine groups is 2. The Balaban J connectivity index is 2.18. The predicted molar refractivity (Wildman–Crippen MR) is 66.5 cm³/mol. The Labute approximate surface area is 115 Å². The quantitative estimate of drug-likeness (QED) is 0.855. The molecule has 0 spiro atoms. The normalized spacial score (nSPS) is 19.9. The zero-order valence-electron chi connectivity index (χ0n) is 10.9. The first kappa shape index (κ1) is 14.4. The minimum absolute atomic E-state index is 0.312. The molecule has 1 saturated heterocycles. The highest BCUT2D eigenvalue weighted by molar-refractivity contribution is 5.78. The lowest BCUT2D eigenvalue weighted by Gasteiger charge is -2.25. The number of rotatable bonds is 3. The second-order valence-electron chi connectivity index (χ2n) is 4.66. The second kappa shape index (κ2) is 5.97. The molecule has 0 aromatic heterocycles. The molecule has 1 unspecified atom stereocenters. The minimum atomic E-state index is -2.71. The Morgan fingerprint density at radius 3 is 2.65 bits per heavy atom. The molecule has 6 heteroatoms. The van der Waals surface area contributed by atoms with Gasteiger partial charge < -0.3 is 0 Å². The van der Waals surface area contributed by atoms with Crippen molar-refractivity contribution in [3.8, 4) is 6.07 Å². The van der Waals surface area contributed by atoms with Crippen LogP contribution >= 0.6 is 0 Å². The second-order valence-corrected chi connectivity index (χ2v) is 4.66. The van der Waals surface area contributed by atoms with E-state index in [1.165, 1.54) is 6.92 Å². The van der Waals surface area contributed by atoms with Crippen molar-refractivity contribution >= 4 is 5.91 Å². The van der Waals surface area contributed by atoms with E-state index >= 15 is 0 Å². The van der Waals surface area contributed by atoms with E-state index in [4.69, 9.17) is 10.1 Å². The summed E-state index contributed by atoms with van der Waals surface area (Å²) in [5.74, 6) is -2.11. The van der Waals surface area contributed by atoms with Crippen LogP contribution in [0.3, 0.4) is 0 Å². The van der Waals surface area contributed by atoms with E-state index in [1.54, 1.807) is 24.3 Å². The SMILES string of the molecule is C[C@H](C(=O)N1OCCC1c1ccc(C#N)cc1)C(F)F. The number of hydrogen-bond donors (Lipinski definition) is 0. The predicted octanol–water partition coefficient (Wildman–Crippen LogP) is 2.66. The fraction of sp³-hybridized carbons (Fsp3) is 0.429. The van der Waals surface area contributed by atoms with Crippen LogP contribution in [0.1, 0.15) is 30.5 Å². The molecule has 0 radical (unpaired) electrons. The molecule has 1 aliphatic rings. The third-order valence-corrected chi connectivity index (χ3v) is 3.31. The summed E-state index contributed by atoms with van der Waals surface area (Å²) in [4.78, 5) is 17.2. The first-order valence-corrected chi connectivity index (χ1v) is 6.28. The van der Waals surface area contributed by atoms with Gasteiger partial charge in [-0.3, -0.25) is 9.63 Å². The summed E-state index contributed by atoms with van der Waals surface area (Å²) in [6.45, 7) is 1.50. The fourth-order valence-electron chi connectivity index (χ4n) is 2.08. The number of carbonyl (C=O) groups is 1. The van der Waals surface area contributed by atoms with E-state index in [0.717, 1.165) is 10.6 Å². The van der Waals surface area contributed by atoms with Crippen LogP contribution in [0, 0.1) is 17.2 Å². The van der Waals surface area contributed by atoms with Crippen molar-refractivity contribution in [3.05, 3.63) is 35.4 Å². The smallest absolute Gasteiger partial charge is 0.255 e.